The molecule has 9 nitrogen and oxygen atoms in total. The molecule has 3 N–H and O–H groups in total. The molecule has 4 rings (SSSR count). The van der Waals surface area contributed by atoms with Crippen molar-refractivity contribution < 1.29 is 19.3 Å². The Kier molecular flexibility index (Phi) is 10.1. The summed E-state index contributed by atoms with van der Waals surface area (Å²) in [6.07, 6.45) is 1.54. The van der Waals surface area contributed by atoms with E-state index in [-0.39, 0.29) is 17.3 Å². The fraction of sp³-hybridized carbons (Fsp3) is 0.0645. The van der Waals surface area contributed by atoms with Gasteiger partial charge in [-0.3, -0.25) is 24.5 Å². The number of non-ortho nitro benzene ring substituents is 1. The molecule has 0 spiro atoms. The highest BCUT2D eigenvalue weighted by atomic mass is 35.5. The van der Waals surface area contributed by atoms with E-state index in [1.165, 1.54) is 42.1 Å². The molecule has 42 heavy (non-hydrogen) atoms. The van der Waals surface area contributed by atoms with Crippen molar-refractivity contribution >= 4 is 64.2 Å². The number of nitro groups is 1. The first-order valence-corrected chi connectivity index (χ1v) is 13.9. The van der Waals surface area contributed by atoms with E-state index in [0.29, 0.717) is 27.5 Å². The summed E-state index contributed by atoms with van der Waals surface area (Å²) >= 11 is 7.41. The highest BCUT2D eigenvalue weighted by Gasteiger charge is 2.17. The van der Waals surface area contributed by atoms with E-state index >= 15 is 0 Å². The van der Waals surface area contributed by atoms with Gasteiger partial charge in [-0.25, -0.2) is 0 Å². The molecular weight excluding hydrogens is 576 g/mol. The van der Waals surface area contributed by atoms with Crippen molar-refractivity contribution in [3.05, 3.63) is 135 Å². The largest absolute Gasteiger partial charge is 0.325 e. The number of rotatable bonds is 10. The van der Waals surface area contributed by atoms with Gasteiger partial charge in [-0.15, -0.1) is 11.8 Å². The van der Waals surface area contributed by atoms with Crippen LogP contribution in [0, 0.1) is 10.1 Å². The molecule has 3 amide bonds. The quantitative estimate of drug-likeness (QED) is 0.0796. The number of thioether (sulfide) groups is 1. The van der Waals surface area contributed by atoms with Gasteiger partial charge in [0.2, 0.25) is 5.91 Å². The van der Waals surface area contributed by atoms with Gasteiger partial charge in [0.25, 0.3) is 17.5 Å². The fourth-order valence-corrected chi connectivity index (χ4v) is 4.75. The molecule has 0 heterocycles. The molecule has 1 atom stereocenters. The summed E-state index contributed by atoms with van der Waals surface area (Å²) in [4.78, 5) is 49.7. The maximum absolute atomic E-state index is 13.2. The number of amides is 3. The second-order valence-corrected chi connectivity index (χ2v) is 10.8. The van der Waals surface area contributed by atoms with Crippen LogP contribution in [0.5, 0.6) is 0 Å². The normalized spacial score (nSPS) is 11.7. The van der Waals surface area contributed by atoms with Crippen molar-refractivity contribution in [2.24, 2.45) is 0 Å². The van der Waals surface area contributed by atoms with E-state index in [9.17, 15) is 24.5 Å². The monoisotopic (exact) mass is 600 g/mol. The molecule has 0 bridgehead atoms. The third-order valence-corrected chi connectivity index (χ3v) is 7.18. The maximum Gasteiger partial charge on any atom is 0.272 e. The zero-order chi connectivity index (χ0) is 30.1. The summed E-state index contributed by atoms with van der Waals surface area (Å²) in [6.45, 7) is 1.74. The Morgan fingerprint density at radius 2 is 1.50 bits per heavy atom. The van der Waals surface area contributed by atoms with Crippen molar-refractivity contribution in [2.75, 3.05) is 10.6 Å². The highest BCUT2D eigenvalue weighted by molar-refractivity contribution is 8.00. The number of hydrogen-bond acceptors (Lipinski definition) is 6. The standard InChI is InChI=1S/C31H25ClN4O5S/c1-20(29(37)33-24-10-14-26(15-11-24)36(40)41)42-27-16-12-25(13-17-27)34-31(39)28(19-21-6-5-9-23(32)18-21)35-30(38)22-7-3-2-4-8-22/h2-20H,1H3,(H,33,37)(H,34,39)(H,35,38)/b28-19-. The second kappa shape index (κ2) is 14.1. The van der Waals surface area contributed by atoms with E-state index in [1.54, 1.807) is 85.8 Å². The molecule has 4 aromatic rings. The highest BCUT2D eigenvalue weighted by Crippen LogP contribution is 2.26. The first-order valence-electron chi connectivity index (χ1n) is 12.6. The summed E-state index contributed by atoms with van der Waals surface area (Å²) in [7, 11) is 0. The number of nitrogens with one attached hydrogen (secondary N) is 3. The Labute approximate surface area is 251 Å². The molecule has 0 aliphatic heterocycles. The maximum atomic E-state index is 13.2. The van der Waals surface area contributed by atoms with Crippen LogP contribution < -0.4 is 16.0 Å². The number of hydrogen-bond donors (Lipinski definition) is 3. The number of carbonyl (C=O) groups excluding carboxylic acids is 3. The average Bonchev–Trinajstić information content (AvgIpc) is 2.98. The van der Waals surface area contributed by atoms with Crippen LogP contribution in [0.4, 0.5) is 17.1 Å². The Morgan fingerprint density at radius 1 is 0.857 bits per heavy atom. The minimum atomic E-state index is -0.532. The van der Waals surface area contributed by atoms with Crippen LogP contribution in [0.2, 0.25) is 5.02 Å². The molecule has 0 aromatic heterocycles. The van der Waals surface area contributed by atoms with Crippen molar-refractivity contribution in [3.8, 4) is 0 Å². The second-order valence-electron chi connectivity index (χ2n) is 8.96. The van der Waals surface area contributed by atoms with Crippen LogP contribution >= 0.6 is 23.4 Å². The lowest BCUT2D eigenvalue weighted by Crippen LogP contribution is -2.30. The smallest absolute Gasteiger partial charge is 0.272 e. The number of anilines is 2. The Bertz CT molecular complexity index is 1630. The minimum absolute atomic E-state index is 0.0288. The van der Waals surface area contributed by atoms with Gasteiger partial charge in [-0.1, -0.05) is 41.9 Å². The van der Waals surface area contributed by atoms with Gasteiger partial charge in [0.1, 0.15) is 5.70 Å². The summed E-state index contributed by atoms with van der Waals surface area (Å²) in [6, 6.07) is 27.9. The van der Waals surface area contributed by atoms with Crippen LogP contribution in [-0.4, -0.2) is 27.9 Å². The van der Waals surface area contributed by atoms with E-state index in [2.05, 4.69) is 16.0 Å². The molecule has 0 saturated carbocycles. The van der Waals surface area contributed by atoms with E-state index < -0.39 is 22.0 Å². The first kappa shape index (κ1) is 30.0. The summed E-state index contributed by atoms with van der Waals surface area (Å²) < 4.78 is 0. The van der Waals surface area contributed by atoms with Crippen LogP contribution in [0.25, 0.3) is 6.08 Å². The summed E-state index contributed by atoms with van der Waals surface area (Å²) in [5.41, 5.74) is 1.94. The van der Waals surface area contributed by atoms with Crippen molar-refractivity contribution in [1.29, 1.82) is 0 Å². The van der Waals surface area contributed by atoms with Crippen LogP contribution in [0.15, 0.2) is 114 Å². The zero-order valence-electron chi connectivity index (χ0n) is 22.2. The number of nitrogens with zero attached hydrogens (tertiary/aromatic N) is 1. The molecular formula is C31H25ClN4O5S. The summed E-state index contributed by atoms with van der Waals surface area (Å²) in [5.74, 6) is -1.24. The fourth-order valence-electron chi connectivity index (χ4n) is 3.69. The minimum Gasteiger partial charge on any atom is -0.325 e. The van der Waals surface area contributed by atoms with Crippen LogP contribution in [0.3, 0.4) is 0 Å². The molecule has 0 fully saturated rings. The molecule has 1 unspecified atom stereocenters. The zero-order valence-corrected chi connectivity index (χ0v) is 23.8. The Hall–Kier alpha value is -4.93. The van der Waals surface area contributed by atoms with Gasteiger partial charge in [0.15, 0.2) is 0 Å². The van der Waals surface area contributed by atoms with Crippen molar-refractivity contribution in [3.63, 3.8) is 0 Å². The van der Waals surface area contributed by atoms with E-state index in [4.69, 9.17) is 11.6 Å². The van der Waals surface area contributed by atoms with Crippen LogP contribution in [-0.2, 0) is 9.59 Å². The SMILES string of the molecule is CC(Sc1ccc(NC(=O)/C(=C/c2cccc(Cl)c2)NC(=O)c2ccccc2)cc1)C(=O)Nc1ccc([N+](=O)[O-])cc1. The van der Waals surface area contributed by atoms with Gasteiger partial charge >= 0.3 is 0 Å². The lowest BCUT2D eigenvalue weighted by molar-refractivity contribution is -0.384. The summed E-state index contributed by atoms with van der Waals surface area (Å²) in [5, 5.41) is 19.0. The molecule has 0 saturated heterocycles. The van der Waals surface area contributed by atoms with E-state index in [0.717, 1.165) is 4.90 Å². The Morgan fingerprint density at radius 3 is 2.14 bits per heavy atom. The lowest BCUT2D eigenvalue weighted by Gasteiger charge is -2.13. The Balaban J connectivity index is 1.41. The van der Waals surface area contributed by atoms with Gasteiger partial charge in [0, 0.05) is 39.0 Å². The molecule has 11 heteroatoms. The third kappa shape index (κ3) is 8.53. The molecule has 4 aromatic carbocycles. The average molecular weight is 601 g/mol. The predicted molar refractivity (Wildman–Crippen MR) is 165 cm³/mol. The lowest BCUT2D eigenvalue weighted by atomic mass is 10.1. The van der Waals surface area contributed by atoms with Crippen molar-refractivity contribution in [2.45, 2.75) is 17.1 Å². The van der Waals surface area contributed by atoms with Crippen molar-refractivity contribution in [1.82, 2.24) is 5.32 Å². The number of nitro benzene ring substituents is 1. The number of halogens is 1. The first-order chi connectivity index (χ1) is 20.2. The van der Waals surface area contributed by atoms with Crippen LogP contribution in [0.1, 0.15) is 22.8 Å². The van der Waals surface area contributed by atoms with Gasteiger partial charge in [0.05, 0.1) is 10.2 Å². The van der Waals surface area contributed by atoms with E-state index in [1.807, 2.05) is 0 Å². The molecule has 0 aliphatic carbocycles. The molecule has 0 aliphatic rings. The van der Waals surface area contributed by atoms with Gasteiger partial charge in [-0.05, 0) is 79.2 Å². The predicted octanol–water partition coefficient (Wildman–Crippen LogP) is 6.78. The topological polar surface area (TPSA) is 130 Å². The number of benzene rings is 4. The number of carbonyl (C=O) groups is 3. The molecule has 212 valence electrons. The van der Waals surface area contributed by atoms with Gasteiger partial charge < -0.3 is 16.0 Å². The molecule has 0 radical (unpaired) electrons. The third-order valence-electron chi connectivity index (χ3n) is 5.83. The van der Waals surface area contributed by atoms with Gasteiger partial charge in [-0.2, -0.15) is 0 Å².